The average Bonchev–Trinajstić information content (AvgIpc) is 4.02. The lowest BCUT2D eigenvalue weighted by molar-refractivity contribution is 0.670. The van der Waals surface area contributed by atoms with Gasteiger partial charge in [0.2, 0.25) is 0 Å². The molecule has 0 aliphatic carbocycles. The first kappa shape index (κ1) is 35.2. The molecule has 9 aromatic carbocycles. The average molecular weight is 806 g/mol. The van der Waals surface area contributed by atoms with Gasteiger partial charge in [0.1, 0.15) is 11.2 Å². The molecule has 0 spiro atoms. The van der Waals surface area contributed by atoms with Crippen LogP contribution in [0.4, 0.5) is 0 Å². The molecule has 6 nitrogen and oxygen atoms in total. The van der Waals surface area contributed by atoms with Crippen molar-refractivity contribution in [2.45, 2.75) is 0 Å². The first-order valence-electron chi connectivity index (χ1n) is 21.2. The third-order valence-corrected chi connectivity index (χ3v) is 12.4. The molecule has 0 unspecified atom stereocenters. The van der Waals surface area contributed by atoms with Crippen LogP contribution >= 0.6 is 0 Å². The van der Waals surface area contributed by atoms with Crippen molar-refractivity contribution in [3.63, 3.8) is 0 Å². The topological polar surface area (TPSA) is 61.7 Å². The highest BCUT2D eigenvalue weighted by molar-refractivity contribution is 6.13. The maximum atomic E-state index is 6.62. The molecule has 0 amide bonds. The van der Waals surface area contributed by atoms with Crippen molar-refractivity contribution in [2.24, 2.45) is 0 Å². The van der Waals surface area contributed by atoms with Crippen LogP contribution in [0, 0.1) is 0 Å². The van der Waals surface area contributed by atoms with E-state index >= 15 is 0 Å². The van der Waals surface area contributed by atoms with Gasteiger partial charge in [0.15, 0.2) is 17.5 Å². The van der Waals surface area contributed by atoms with E-state index in [1.165, 1.54) is 10.8 Å². The molecule has 4 aromatic heterocycles. The Morgan fingerprint density at radius 3 is 1.49 bits per heavy atom. The molecule has 63 heavy (non-hydrogen) atoms. The fourth-order valence-electron chi connectivity index (χ4n) is 9.54. The van der Waals surface area contributed by atoms with Crippen LogP contribution in [0.15, 0.2) is 217 Å². The van der Waals surface area contributed by atoms with E-state index in [9.17, 15) is 0 Å². The Balaban J connectivity index is 1.12. The third kappa shape index (κ3) is 5.55. The summed E-state index contributed by atoms with van der Waals surface area (Å²) in [5, 5.41) is 6.94. The van der Waals surface area contributed by atoms with Crippen molar-refractivity contribution in [3.8, 4) is 56.7 Å². The quantitative estimate of drug-likeness (QED) is 0.168. The summed E-state index contributed by atoms with van der Waals surface area (Å²) in [5.41, 5.74) is 12.9. The zero-order valence-electron chi connectivity index (χ0n) is 33.9. The fourth-order valence-corrected chi connectivity index (χ4v) is 9.54. The van der Waals surface area contributed by atoms with Crippen LogP contribution in [-0.2, 0) is 0 Å². The molecule has 0 aliphatic heterocycles. The predicted molar refractivity (Wildman–Crippen MR) is 258 cm³/mol. The number of nitrogens with zero attached hydrogens (tertiary/aromatic N) is 5. The summed E-state index contributed by atoms with van der Waals surface area (Å²) >= 11 is 0. The highest BCUT2D eigenvalue weighted by Gasteiger charge is 2.23. The molecular weight excluding hydrogens is 771 g/mol. The lowest BCUT2D eigenvalue weighted by Crippen LogP contribution is -2.04. The molecular formula is C57H35N5O. The van der Waals surface area contributed by atoms with Gasteiger partial charge in [-0.1, -0.05) is 164 Å². The fraction of sp³-hybridized carbons (Fsp3) is 0. The smallest absolute Gasteiger partial charge is 0.166 e. The van der Waals surface area contributed by atoms with E-state index in [1.807, 2.05) is 48.5 Å². The highest BCUT2D eigenvalue weighted by Crippen LogP contribution is 2.42. The van der Waals surface area contributed by atoms with Crippen molar-refractivity contribution >= 4 is 65.6 Å². The number of aromatic nitrogens is 5. The number of para-hydroxylation sites is 5. The van der Waals surface area contributed by atoms with Crippen LogP contribution in [0.1, 0.15) is 0 Å². The van der Waals surface area contributed by atoms with Gasteiger partial charge in [0, 0.05) is 60.3 Å². The van der Waals surface area contributed by atoms with Gasteiger partial charge in [-0.15, -0.1) is 0 Å². The van der Waals surface area contributed by atoms with Crippen LogP contribution in [0.2, 0.25) is 0 Å². The third-order valence-electron chi connectivity index (χ3n) is 12.4. The Morgan fingerprint density at radius 2 is 0.841 bits per heavy atom. The lowest BCUT2D eigenvalue weighted by atomic mass is 9.98. The minimum absolute atomic E-state index is 0.570. The van der Waals surface area contributed by atoms with E-state index in [0.717, 1.165) is 94.0 Å². The Hall–Kier alpha value is -8.61. The van der Waals surface area contributed by atoms with Gasteiger partial charge in [-0.05, 0) is 54.1 Å². The van der Waals surface area contributed by atoms with Gasteiger partial charge in [-0.25, -0.2) is 15.0 Å². The Labute approximate surface area is 361 Å². The Kier molecular flexibility index (Phi) is 7.80. The van der Waals surface area contributed by atoms with Gasteiger partial charge in [-0.2, -0.15) is 0 Å². The number of hydrogen-bond acceptors (Lipinski definition) is 4. The van der Waals surface area contributed by atoms with Crippen LogP contribution in [0.3, 0.4) is 0 Å². The molecule has 294 valence electrons. The SMILES string of the molecule is c1ccc(-c2nc(-c3ccccc3)nc(-c3cc(-c4cccc5c4oc4ccccc45)ccc3-n3c4ccccc4c4ccc(-n5c6ccccc6c6ccccc65)cc43)n2)cc1. The largest absolute Gasteiger partial charge is 0.455 e. The zero-order chi connectivity index (χ0) is 41.4. The highest BCUT2D eigenvalue weighted by atomic mass is 16.3. The van der Waals surface area contributed by atoms with E-state index in [2.05, 4.69) is 173 Å². The molecule has 6 heteroatoms. The first-order chi connectivity index (χ1) is 31.2. The summed E-state index contributed by atoms with van der Waals surface area (Å²) in [7, 11) is 0. The molecule has 0 saturated heterocycles. The number of benzene rings is 9. The molecule has 0 saturated carbocycles. The lowest BCUT2D eigenvalue weighted by Gasteiger charge is -2.17. The summed E-state index contributed by atoms with van der Waals surface area (Å²) in [4.78, 5) is 15.7. The van der Waals surface area contributed by atoms with E-state index < -0.39 is 0 Å². The van der Waals surface area contributed by atoms with Crippen molar-refractivity contribution in [3.05, 3.63) is 212 Å². The number of rotatable bonds is 6. The number of fused-ring (bicyclic) bond motifs is 9. The molecule has 0 radical (unpaired) electrons. The maximum absolute atomic E-state index is 6.62. The second-order valence-corrected chi connectivity index (χ2v) is 16.0. The van der Waals surface area contributed by atoms with Gasteiger partial charge in [0.05, 0.1) is 27.8 Å². The standard InChI is InChI=1S/C57H35N5O/c1-3-16-36(17-4-1)55-58-56(37-18-5-2-6-19-37)60-57(59-55)47-34-38(40-24-15-25-46-45-23-10-14-29-53(45)63-54(40)46)30-33-51(47)62-50-28-13-9-22-43(50)44-32-31-39(35-52(44)62)61-48-26-11-7-20-41(48)42-21-8-12-27-49(42)61/h1-35H. The van der Waals surface area contributed by atoms with Crippen LogP contribution < -0.4 is 0 Å². The molecule has 0 atom stereocenters. The summed E-state index contributed by atoms with van der Waals surface area (Å²) in [5.74, 6) is 1.78. The van der Waals surface area contributed by atoms with E-state index in [4.69, 9.17) is 19.4 Å². The second-order valence-electron chi connectivity index (χ2n) is 16.0. The van der Waals surface area contributed by atoms with E-state index in [-0.39, 0.29) is 0 Å². The molecule has 0 bridgehead atoms. The monoisotopic (exact) mass is 805 g/mol. The zero-order valence-corrected chi connectivity index (χ0v) is 33.9. The van der Waals surface area contributed by atoms with Crippen molar-refractivity contribution < 1.29 is 4.42 Å². The van der Waals surface area contributed by atoms with E-state index in [1.54, 1.807) is 0 Å². The number of hydrogen-bond donors (Lipinski definition) is 0. The predicted octanol–water partition coefficient (Wildman–Crippen LogP) is 14.6. The molecule has 0 N–H and O–H groups in total. The summed E-state index contributed by atoms with van der Waals surface area (Å²) < 4.78 is 11.4. The molecule has 0 fully saturated rings. The van der Waals surface area contributed by atoms with Crippen molar-refractivity contribution in [2.75, 3.05) is 0 Å². The molecule has 13 rings (SSSR count). The minimum atomic E-state index is 0.570. The Morgan fingerprint density at radius 1 is 0.317 bits per heavy atom. The van der Waals surface area contributed by atoms with Crippen molar-refractivity contribution in [1.29, 1.82) is 0 Å². The number of furan rings is 1. The molecule has 4 heterocycles. The summed E-state index contributed by atoms with van der Waals surface area (Å²) in [6.07, 6.45) is 0. The van der Waals surface area contributed by atoms with E-state index in [0.29, 0.717) is 17.5 Å². The summed E-state index contributed by atoms with van der Waals surface area (Å²) in [6, 6.07) is 74.4. The van der Waals surface area contributed by atoms with Gasteiger partial charge >= 0.3 is 0 Å². The van der Waals surface area contributed by atoms with Gasteiger partial charge in [-0.3, -0.25) is 0 Å². The van der Waals surface area contributed by atoms with Crippen LogP contribution in [0.5, 0.6) is 0 Å². The maximum Gasteiger partial charge on any atom is 0.166 e. The first-order valence-corrected chi connectivity index (χ1v) is 21.2. The molecule has 13 aromatic rings. The summed E-state index contributed by atoms with van der Waals surface area (Å²) in [6.45, 7) is 0. The molecule has 0 aliphatic rings. The normalized spacial score (nSPS) is 11.8. The Bertz CT molecular complexity index is 3810. The van der Waals surface area contributed by atoms with Crippen LogP contribution in [-0.4, -0.2) is 24.1 Å². The minimum Gasteiger partial charge on any atom is -0.455 e. The van der Waals surface area contributed by atoms with Crippen LogP contribution in [0.25, 0.3) is 122 Å². The van der Waals surface area contributed by atoms with Crippen molar-refractivity contribution in [1.82, 2.24) is 24.1 Å². The second kappa shape index (κ2) is 14.0. The van der Waals surface area contributed by atoms with Gasteiger partial charge < -0.3 is 13.6 Å². The van der Waals surface area contributed by atoms with Gasteiger partial charge in [0.25, 0.3) is 0 Å².